The average molecular weight is 454 g/mol. The molecule has 0 spiro atoms. The minimum atomic E-state index is -3.45. The molecular weight excluding hydrogens is 429 g/mol. The van der Waals surface area contributed by atoms with Gasteiger partial charge >= 0.3 is 0 Å². The van der Waals surface area contributed by atoms with E-state index in [1.807, 2.05) is 4.90 Å². The van der Waals surface area contributed by atoms with E-state index in [2.05, 4.69) is 9.62 Å². The third-order valence-corrected chi connectivity index (χ3v) is 7.05. The summed E-state index contributed by atoms with van der Waals surface area (Å²) in [5.41, 5.74) is 1.80. The van der Waals surface area contributed by atoms with Gasteiger partial charge in [-0.3, -0.25) is 9.69 Å². The van der Waals surface area contributed by atoms with Crippen LogP contribution in [0.15, 0.2) is 47.4 Å². The predicted octanol–water partition coefficient (Wildman–Crippen LogP) is 2.66. The zero-order valence-corrected chi connectivity index (χ0v) is 18.3. The maximum Gasteiger partial charge on any atom is 0.240 e. The molecule has 0 aromatic heterocycles. The summed E-state index contributed by atoms with van der Waals surface area (Å²) < 4.78 is 39.0. The standard InChI is InChI=1S/C21H25ClFN3O3S/c1-24-30(28,29)19-7-2-16(3-8-19)4-9-21(27)26-12-10-25(11-13-26)15-17-5-6-18(23)14-20(17)22/h2-3,5-8,14,24H,4,9-13,15H2,1H3. The van der Waals surface area contributed by atoms with E-state index in [1.165, 1.54) is 19.2 Å². The molecule has 0 aliphatic carbocycles. The van der Waals surface area contributed by atoms with E-state index in [9.17, 15) is 17.6 Å². The first-order chi connectivity index (χ1) is 14.3. The zero-order chi connectivity index (χ0) is 21.7. The van der Waals surface area contributed by atoms with Gasteiger partial charge in [0.1, 0.15) is 5.82 Å². The van der Waals surface area contributed by atoms with Crippen LogP contribution < -0.4 is 4.72 Å². The Bertz CT molecular complexity index is 991. The highest BCUT2D eigenvalue weighted by molar-refractivity contribution is 7.89. The Balaban J connectivity index is 1.46. The van der Waals surface area contributed by atoms with Crippen molar-refractivity contribution >= 4 is 27.5 Å². The van der Waals surface area contributed by atoms with E-state index >= 15 is 0 Å². The third kappa shape index (κ3) is 5.78. The quantitative estimate of drug-likeness (QED) is 0.699. The minimum absolute atomic E-state index is 0.0846. The van der Waals surface area contributed by atoms with Crippen molar-refractivity contribution in [2.45, 2.75) is 24.3 Å². The first-order valence-corrected chi connectivity index (χ1v) is 11.6. The number of piperazine rings is 1. The molecule has 0 radical (unpaired) electrons. The Kier molecular flexibility index (Phi) is 7.46. The molecule has 1 saturated heterocycles. The van der Waals surface area contributed by atoms with Gasteiger partial charge in [0.15, 0.2) is 0 Å². The molecule has 6 nitrogen and oxygen atoms in total. The lowest BCUT2D eigenvalue weighted by Crippen LogP contribution is -2.48. The second-order valence-corrected chi connectivity index (χ2v) is 9.54. The van der Waals surface area contributed by atoms with Crippen LogP contribution in [-0.4, -0.2) is 57.4 Å². The van der Waals surface area contributed by atoms with Crippen LogP contribution in [0.5, 0.6) is 0 Å². The molecule has 30 heavy (non-hydrogen) atoms. The van der Waals surface area contributed by atoms with Crippen LogP contribution in [0.1, 0.15) is 17.5 Å². The Morgan fingerprint density at radius 2 is 1.77 bits per heavy atom. The molecule has 2 aromatic carbocycles. The molecule has 1 N–H and O–H groups in total. The molecule has 162 valence electrons. The Morgan fingerprint density at radius 3 is 2.37 bits per heavy atom. The third-order valence-electron chi connectivity index (χ3n) is 5.26. The van der Waals surface area contributed by atoms with Gasteiger partial charge < -0.3 is 4.90 Å². The second-order valence-electron chi connectivity index (χ2n) is 7.24. The molecule has 0 saturated carbocycles. The summed E-state index contributed by atoms with van der Waals surface area (Å²) in [7, 11) is -2.08. The molecule has 0 atom stereocenters. The number of nitrogens with zero attached hydrogens (tertiary/aromatic N) is 2. The smallest absolute Gasteiger partial charge is 0.240 e. The van der Waals surface area contributed by atoms with Gasteiger partial charge in [-0.15, -0.1) is 0 Å². The fourth-order valence-corrected chi connectivity index (χ4v) is 4.37. The number of halogens is 2. The second kappa shape index (κ2) is 9.87. The van der Waals surface area contributed by atoms with Crippen LogP contribution in [0.2, 0.25) is 5.02 Å². The van der Waals surface area contributed by atoms with Gasteiger partial charge in [-0.1, -0.05) is 29.8 Å². The summed E-state index contributed by atoms with van der Waals surface area (Å²) in [4.78, 5) is 16.8. The van der Waals surface area contributed by atoms with E-state index in [4.69, 9.17) is 11.6 Å². The molecular formula is C21H25ClFN3O3S. The lowest BCUT2D eigenvalue weighted by atomic mass is 10.1. The number of benzene rings is 2. The highest BCUT2D eigenvalue weighted by Crippen LogP contribution is 2.20. The van der Waals surface area contributed by atoms with E-state index in [0.717, 1.165) is 24.2 Å². The summed E-state index contributed by atoms with van der Waals surface area (Å²) in [5.74, 6) is -0.265. The number of aryl methyl sites for hydroxylation is 1. The molecule has 3 rings (SSSR count). The predicted molar refractivity (Wildman–Crippen MR) is 114 cm³/mol. The van der Waals surface area contributed by atoms with Gasteiger partial charge in [-0.2, -0.15) is 0 Å². The number of rotatable bonds is 7. The first-order valence-electron chi connectivity index (χ1n) is 9.75. The maximum absolute atomic E-state index is 13.2. The molecule has 1 fully saturated rings. The van der Waals surface area contributed by atoms with Crippen molar-refractivity contribution in [3.8, 4) is 0 Å². The van der Waals surface area contributed by atoms with Crippen molar-refractivity contribution < 1.29 is 17.6 Å². The van der Waals surface area contributed by atoms with Crippen molar-refractivity contribution in [1.82, 2.24) is 14.5 Å². The summed E-state index contributed by atoms with van der Waals surface area (Å²) >= 11 is 6.10. The van der Waals surface area contributed by atoms with Crippen molar-refractivity contribution in [2.75, 3.05) is 33.2 Å². The van der Waals surface area contributed by atoms with E-state index in [-0.39, 0.29) is 16.6 Å². The lowest BCUT2D eigenvalue weighted by molar-refractivity contribution is -0.133. The summed E-state index contributed by atoms with van der Waals surface area (Å²) in [6.45, 7) is 3.36. The van der Waals surface area contributed by atoms with Gasteiger partial charge in [-0.25, -0.2) is 17.5 Å². The van der Waals surface area contributed by atoms with Gasteiger partial charge in [-0.05, 0) is 48.9 Å². The fourth-order valence-electron chi connectivity index (χ4n) is 3.41. The van der Waals surface area contributed by atoms with E-state index in [1.54, 1.807) is 30.3 Å². The molecule has 1 aliphatic heterocycles. The summed E-state index contributed by atoms with van der Waals surface area (Å²) in [5, 5.41) is 0.419. The number of amides is 1. The molecule has 1 aliphatic rings. The summed E-state index contributed by atoms with van der Waals surface area (Å²) in [6.07, 6.45) is 0.937. The van der Waals surface area contributed by atoms with Crippen LogP contribution in [-0.2, 0) is 27.8 Å². The number of nitrogens with one attached hydrogen (secondary N) is 1. The molecule has 1 amide bonds. The Morgan fingerprint density at radius 1 is 1.10 bits per heavy atom. The molecule has 2 aromatic rings. The molecule has 0 unspecified atom stereocenters. The van der Waals surface area contributed by atoms with Crippen LogP contribution in [0.25, 0.3) is 0 Å². The Labute approximate surface area is 181 Å². The van der Waals surface area contributed by atoms with E-state index < -0.39 is 10.0 Å². The minimum Gasteiger partial charge on any atom is -0.340 e. The van der Waals surface area contributed by atoms with Crippen molar-refractivity contribution in [3.63, 3.8) is 0 Å². The highest BCUT2D eigenvalue weighted by Gasteiger charge is 2.21. The van der Waals surface area contributed by atoms with Gasteiger partial charge in [0.05, 0.1) is 4.90 Å². The van der Waals surface area contributed by atoms with Crippen molar-refractivity contribution in [2.24, 2.45) is 0 Å². The van der Waals surface area contributed by atoms with Crippen molar-refractivity contribution in [1.29, 1.82) is 0 Å². The van der Waals surface area contributed by atoms with Crippen LogP contribution in [0.3, 0.4) is 0 Å². The monoisotopic (exact) mass is 453 g/mol. The van der Waals surface area contributed by atoms with Gasteiger partial charge in [0.2, 0.25) is 15.9 Å². The molecule has 0 bridgehead atoms. The fraction of sp³-hybridized carbons (Fsp3) is 0.381. The largest absolute Gasteiger partial charge is 0.340 e. The number of carbonyl (C=O) groups excluding carboxylic acids is 1. The average Bonchev–Trinajstić information content (AvgIpc) is 2.75. The van der Waals surface area contributed by atoms with Crippen molar-refractivity contribution in [3.05, 3.63) is 64.4 Å². The normalized spacial score (nSPS) is 15.4. The number of hydrogen-bond acceptors (Lipinski definition) is 4. The topological polar surface area (TPSA) is 69.7 Å². The lowest BCUT2D eigenvalue weighted by Gasteiger charge is -2.35. The highest BCUT2D eigenvalue weighted by atomic mass is 35.5. The van der Waals surface area contributed by atoms with E-state index in [0.29, 0.717) is 37.5 Å². The molecule has 9 heteroatoms. The van der Waals surface area contributed by atoms with Gasteiger partial charge in [0, 0.05) is 44.2 Å². The zero-order valence-electron chi connectivity index (χ0n) is 16.8. The summed E-state index contributed by atoms with van der Waals surface area (Å²) in [6, 6.07) is 11.0. The number of hydrogen-bond donors (Lipinski definition) is 1. The number of sulfonamides is 1. The number of carbonyl (C=O) groups is 1. The van der Waals surface area contributed by atoms with Crippen LogP contribution in [0.4, 0.5) is 4.39 Å². The SMILES string of the molecule is CNS(=O)(=O)c1ccc(CCC(=O)N2CCN(Cc3ccc(F)cc3Cl)CC2)cc1. The van der Waals surface area contributed by atoms with Gasteiger partial charge in [0.25, 0.3) is 0 Å². The van der Waals surface area contributed by atoms with Crippen LogP contribution >= 0.6 is 11.6 Å². The van der Waals surface area contributed by atoms with Crippen LogP contribution in [0, 0.1) is 5.82 Å². The Hall–Kier alpha value is -2.00. The first kappa shape index (κ1) is 22.7. The molecule has 1 heterocycles. The maximum atomic E-state index is 13.2.